The highest BCUT2D eigenvalue weighted by Crippen LogP contribution is 2.27. The normalized spacial score (nSPS) is 22.7. The fourth-order valence-electron chi connectivity index (χ4n) is 3.67. The number of likely N-dealkylation sites (N-methyl/N-ethyl adjacent to an activating group) is 1. The summed E-state index contributed by atoms with van der Waals surface area (Å²) in [5.41, 5.74) is -0.0223. The van der Waals surface area contributed by atoms with Crippen molar-refractivity contribution in [3.8, 4) is 0 Å². The van der Waals surface area contributed by atoms with E-state index in [4.69, 9.17) is 9.73 Å². The zero-order valence-electron chi connectivity index (χ0n) is 17.4. The van der Waals surface area contributed by atoms with Crippen LogP contribution in [0.25, 0.3) is 0 Å². The number of halogens is 4. The fraction of sp³-hybridized carbons (Fsp3) is 0.944. The summed E-state index contributed by atoms with van der Waals surface area (Å²) in [7, 11) is 4.15. The first-order valence-electron chi connectivity index (χ1n) is 9.79. The highest BCUT2D eigenvalue weighted by atomic mass is 127. The van der Waals surface area contributed by atoms with Gasteiger partial charge in [-0.1, -0.05) is 0 Å². The number of rotatable bonds is 5. The van der Waals surface area contributed by atoms with Gasteiger partial charge in [-0.25, -0.2) is 0 Å². The first kappa shape index (κ1) is 25.7. The largest absolute Gasteiger partial charge is 0.403 e. The predicted octanol–water partition coefficient (Wildman–Crippen LogP) is 2.25. The van der Waals surface area contributed by atoms with Crippen LogP contribution in [0, 0.1) is 0 Å². The summed E-state index contributed by atoms with van der Waals surface area (Å²) in [4.78, 5) is 10.7. The Kier molecular flexibility index (Phi) is 10.3. The number of guanidine groups is 1. The molecule has 1 atom stereocenters. The molecule has 2 heterocycles. The van der Waals surface area contributed by atoms with E-state index in [1.54, 1.807) is 0 Å². The van der Waals surface area contributed by atoms with Crippen molar-refractivity contribution >= 4 is 29.9 Å². The van der Waals surface area contributed by atoms with Crippen LogP contribution in [0.2, 0.25) is 0 Å². The molecule has 0 aliphatic carbocycles. The van der Waals surface area contributed by atoms with E-state index >= 15 is 0 Å². The van der Waals surface area contributed by atoms with Gasteiger partial charge in [0, 0.05) is 51.5 Å². The average molecular weight is 521 g/mol. The second-order valence-corrected chi connectivity index (χ2v) is 7.64. The van der Waals surface area contributed by atoms with Crippen LogP contribution < -0.4 is 5.32 Å². The molecule has 0 amide bonds. The second-order valence-electron chi connectivity index (χ2n) is 7.64. The number of aliphatic imine (C=N–C) groups is 1. The molecule has 0 radical (unpaired) electrons. The number of hydrogen-bond acceptors (Lipinski definition) is 4. The highest BCUT2D eigenvalue weighted by molar-refractivity contribution is 14.0. The van der Waals surface area contributed by atoms with Gasteiger partial charge in [0.1, 0.15) is 6.04 Å². The zero-order chi connectivity index (χ0) is 20.1. The fourth-order valence-corrected chi connectivity index (χ4v) is 3.67. The van der Waals surface area contributed by atoms with Crippen molar-refractivity contribution in [3.05, 3.63) is 0 Å². The second kappa shape index (κ2) is 11.2. The number of nitrogens with zero attached hydrogens (tertiary/aromatic N) is 4. The molecule has 0 aromatic rings. The van der Waals surface area contributed by atoms with Crippen LogP contribution in [0.15, 0.2) is 4.99 Å². The number of piperazine rings is 1. The molecule has 166 valence electrons. The maximum absolute atomic E-state index is 12.9. The Morgan fingerprint density at radius 1 is 1.18 bits per heavy atom. The van der Waals surface area contributed by atoms with Crippen LogP contribution in [0.1, 0.15) is 26.7 Å². The minimum atomic E-state index is -4.18. The molecule has 0 aromatic carbocycles. The molecule has 0 spiro atoms. The summed E-state index contributed by atoms with van der Waals surface area (Å²) < 4.78 is 44.4. The average Bonchev–Trinajstić information content (AvgIpc) is 2.64. The third-order valence-corrected chi connectivity index (χ3v) is 5.87. The summed E-state index contributed by atoms with van der Waals surface area (Å²) >= 11 is 0. The molecule has 10 heteroatoms. The molecule has 28 heavy (non-hydrogen) atoms. The molecule has 0 aromatic heterocycles. The van der Waals surface area contributed by atoms with Gasteiger partial charge in [-0.05, 0) is 40.8 Å². The monoisotopic (exact) mass is 521 g/mol. The number of nitrogens with one attached hydrogen (secondary N) is 1. The Bertz CT molecular complexity index is 490. The Labute approximate surface area is 183 Å². The topological polar surface area (TPSA) is 43.3 Å². The minimum Gasteiger partial charge on any atom is -0.381 e. The van der Waals surface area contributed by atoms with E-state index in [0.29, 0.717) is 32.7 Å². The van der Waals surface area contributed by atoms with Gasteiger partial charge in [0.25, 0.3) is 0 Å². The molecule has 2 saturated heterocycles. The standard InChI is InChI=1S/C18H34F3N5O.HI/c1-5-22-16(23-14-17(24(3)4)6-12-27-13-7-17)26-10-8-25(9-11-26)15(2)18(19,20)21;/h15H,5-14H2,1-4H3,(H,22,23);1H. The van der Waals surface area contributed by atoms with Crippen molar-refractivity contribution in [1.29, 1.82) is 0 Å². The van der Waals surface area contributed by atoms with Crippen molar-refractivity contribution in [3.63, 3.8) is 0 Å². The van der Waals surface area contributed by atoms with E-state index in [0.717, 1.165) is 38.6 Å². The predicted molar refractivity (Wildman–Crippen MR) is 117 cm³/mol. The summed E-state index contributed by atoms with van der Waals surface area (Å²) in [6.07, 6.45) is -2.32. The van der Waals surface area contributed by atoms with Crippen LogP contribution in [-0.2, 0) is 4.74 Å². The Hall–Kier alpha value is -0.330. The molecular weight excluding hydrogens is 486 g/mol. The highest BCUT2D eigenvalue weighted by Gasteiger charge is 2.41. The molecule has 2 fully saturated rings. The van der Waals surface area contributed by atoms with E-state index in [9.17, 15) is 13.2 Å². The lowest BCUT2D eigenvalue weighted by Crippen LogP contribution is -2.57. The van der Waals surface area contributed by atoms with Gasteiger partial charge in [0.05, 0.1) is 6.54 Å². The maximum Gasteiger partial charge on any atom is 0.403 e. The van der Waals surface area contributed by atoms with Crippen molar-refractivity contribution < 1.29 is 17.9 Å². The van der Waals surface area contributed by atoms with E-state index in [1.165, 1.54) is 11.8 Å². The van der Waals surface area contributed by atoms with Gasteiger partial charge in [-0.3, -0.25) is 9.89 Å². The van der Waals surface area contributed by atoms with Gasteiger partial charge in [-0.15, -0.1) is 24.0 Å². The summed E-state index contributed by atoms with van der Waals surface area (Å²) in [5.74, 6) is 0.796. The van der Waals surface area contributed by atoms with Crippen LogP contribution in [-0.4, -0.2) is 105 Å². The molecule has 1 unspecified atom stereocenters. The SMILES string of the molecule is CCNC(=NCC1(N(C)C)CCOCC1)N1CCN(C(C)C(F)(F)F)CC1.I. The summed E-state index contributed by atoms with van der Waals surface area (Å²) in [5, 5.41) is 3.31. The molecule has 6 nitrogen and oxygen atoms in total. The third kappa shape index (κ3) is 6.60. The van der Waals surface area contributed by atoms with Crippen molar-refractivity contribution in [2.24, 2.45) is 4.99 Å². The van der Waals surface area contributed by atoms with Gasteiger partial charge < -0.3 is 19.9 Å². The Balaban J connectivity index is 0.00000392. The van der Waals surface area contributed by atoms with Gasteiger partial charge in [0.15, 0.2) is 5.96 Å². The lowest BCUT2D eigenvalue weighted by Gasteiger charge is -2.43. The first-order valence-corrected chi connectivity index (χ1v) is 9.79. The lowest BCUT2D eigenvalue weighted by atomic mass is 9.89. The van der Waals surface area contributed by atoms with Gasteiger partial charge in [-0.2, -0.15) is 13.2 Å². The molecular formula is C18H35F3IN5O. The zero-order valence-corrected chi connectivity index (χ0v) is 19.7. The maximum atomic E-state index is 12.9. The van der Waals surface area contributed by atoms with E-state index in [-0.39, 0.29) is 29.5 Å². The van der Waals surface area contributed by atoms with Gasteiger partial charge >= 0.3 is 6.18 Å². The van der Waals surface area contributed by atoms with Crippen LogP contribution in [0.4, 0.5) is 13.2 Å². The summed E-state index contributed by atoms with van der Waals surface area (Å²) in [6, 6.07) is -1.40. The lowest BCUT2D eigenvalue weighted by molar-refractivity contribution is -0.181. The van der Waals surface area contributed by atoms with Crippen molar-refractivity contribution in [1.82, 2.24) is 20.0 Å². The minimum absolute atomic E-state index is 0. The molecule has 2 aliphatic rings. The Morgan fingerprint density at radius 2 is 1.75 bits per heavy atom. The number of hydrogen-bond donors (Lipinski definition) is 1. The Morgan fingerprint density at radius 3 is 2.21 bits per heavy atom. The van der Waals surface area contributed by atoms with Crippen molar-refractivity contribution in [2.45, 2.75) is 44.4 Å². The molecule has 0 bridgehead atoms. The molecule has 2 aliphatic heterocycles. The van der Waals surface area contributed by atoms with Crippen molar-refractivity contribution in [2.75, 3.05) is 66.6 Å². The van der Waals surface area contributed by atoms with Gasteiger partial charge in [0.2, 0.25) is 0 Å². The smallest absolute Gasteiger partial charge is 0.381 e. The quantitative estimate of drug-likeness (QED) is 0.342. The molecule has 1 N–H and O–H groups in total. The van der Waals surface area contributed by atoms with E-state index in [2.05, 4.69) is 29.2 Å². The van der Waals surface area contributed by atoms with Crippen LogP contribution in [0.5, 0.6) is 0 Å². The van der Waals surface area contributed by atoms with Crippen LogP contribution >= 0.6 is 24.0 Å². The molecule has 0 saturated carbocycles. The van der Waals surface area contributed by atoms with Crippen LogP contribution in [0.3, 0.4) is 0 Å². The first-order chi connectivity index (χ1) is 12.7. The van der Waals surface area contributed by atoms with E-state index < -0.39 is 12.2 Å². The number of alkyl halides is 3. The van der Waals surface area contributed by atoms with E-state index in [1.807, 2.05) is 6.92 Å². The summed E-state index contributed by atoms with van der Waals surface area (Å²) in [6.45, 7) is 7.97. The number of ether oxygens (including phenoxy) is 1. The molecule has 2 rings (SSSR count). The third-order valence-electron chi connectivity index (χ3n) is 5.87.